The minimum Gasteiger partial charge on any atom is -0.212 e. The Morgan fingerprint density at radius 1 is 1.23 bits per heavy atom. The zero-order valence-corrected chi connectivity index (χ0v) is 13.7. The molecule has 3 nitrogen and oxygen atoms in total. The van der Waals surface area contributed by atoms with Gasteiger partial charge in [0.15, 0.2) is 0 Å². The van der Waals surface area contributed by atoms with Crippen LogP contribution in [-0.2, 0) is 10.0 Å². The van der Waals surface area contributed by atoms with Gasteiger partial charge in [-0.25, -0.2) is 12.7 Å². The summed E-state index contributed by atoms with van der Waals surface area (Å²) in [4.78, 5) is 0.225. The van der Waals surface area contributed by atoms with Crippen molar-refractivity contribution in [2.75, 3.05) is 6.54 Å². The summed E-state index contributed by atoms with van der Waals surface area (Å²) >= 11 is 0. The molecule has 2 rings (SSSR count). The SMILES string of the molecule is C#CCN(C#CCC1CCCC1)S(=O)(=O)c1ccc(C)cc1. The summed E-state index contributed by atoms with van der Waals surface area (Å²) in [6.07, 6.45) is 10.9. The summed E-state index contributed by atoms with van der Waals surface area (Å²) in [5.41, 5.74) is 1.01. The Bertz CT molecular complexity index is 696. The molecule has 0 unspecified atom stereocenters. The molecule has 1 aromatic rings. The van der Waals surface area contributed by atoms with E-state index in [-0.39, 0.29) is 11.4 Å². The van der Waals surface area contributed by atoms with E-state index in [1.165, 1.54) is 25.7 Å². The quantitative estimate of drug-likeness (QED) is 0.632. The van der Waals surface area contributed by atoms with Crippen molar-refractivity contribution in [2.45, 2.75) is 43.9 Å². The monoisotopic (exact) mass is 315 g/mol. The van der Waals surface area contributed by atoms with Crippen LogP contribution in [0.2, 0.25) is 0 Å². The van der Waals surface area contributed by atoms with Crippen molar-refractivity contribution in [3.8, 4) is 24.3 Å². The van der Waals surface area contributed by atoms with E-state index in [1.54, 1.807) is 24.3 Å². The zero-order valence-electron chi connectivity index (χ0n) is 12.9. The summed E-state index contributed by atoms with van der Waals surface area (Å²) in [7, 11) is -3.66. The minimum absolute atomic E-state index is 0.0339. The van der Waals surface area contributed by atoms with Gasteiger partial charge in [0, 0.05) is 12.5 Å². The Hall–Kier alpha value is -1.91. The van der Waals surface area contributed by atoms with Gasteiger partial charge >= 0.3 is 0 Å². The molecule has 0 heterocycles. The molecular weight excluding hydrogens is 294 g/mol. The molecule has 0 bridgehead atoms. The van der Waals surface area contributed by atoms with Gasteiger partial charge in [-0.2, -0.15) is 0 Å². The van der Waals surface area contributed by atoms with Crippen LogP contribution in [0.5, 0.6) is 0 Å². The van der Waals surface area contributed by atoms with Gasteiger partial charge in [-0.1, -0.05) is 42.4 Å². The van der Waals surface area contributed by atoms with Gasteiger partial charge in [-0.05, 0) is 37.8 Å². The van der Waals surface area contributed by atoms with Gasteiger partial charge in [-0.3, -0.25) is 0 Å². The Balaban J connectivity index is 2.17. The molecule has 0 aliphatic heterocycles. The standard InChI is InChI=1S/C18H21NO2S/c1-3-14-19(15-6-9-17-7-4-5-8-17)22(20,21)18-12-10-16(2)11-13-18/h1,10-13,17H,4-5,7-9,14H2,2H3. The second kappa shape index (κ2) is 7.38. The van der Waals surface area contributed by atoms with Gasteiger partial charge in [0.1, 0.15) is 6.54 Å². The average molecular weight is 315 g/mol. The first-order valence-electron chi connectivity index (χ1n) is 7.55. The number of rotatable bonds is 4. The van der Waals surface area contributed by atoms with E-state index in [9.17, 15) is 8.42 Å². The number of sulfonamides is 1. The van der Waals surface area contributed by atoms with E-state index in [0.29, 0.717) is 5.92 Å². The Morgan fingerprint density at radius 3 is 2.45 bits per heavy atom. The molecule has 0 amide bonds. The second-order valence-electron chi connectivity index (χ2n) is 5.67. The molecule has 0 saturated heterocycles. The van der Waals surface area contributed by atoms with Crippen LogP contribution < -0.4 is 0 Å². The van der Waals surface area contributed by atoms with Crippen LogP contribution in [0.3, 0.4) is 0 Å². The first-order valence-corrected chi connectivity index (χ1v) is 8.99. The molecular formula is C18H21NO2S. The third kappa shape index (κ3) is 4.06. The van der Waals surface area contributed by atoms with Crippen molar-refractivity contribution >= 4 is 10.0 Å². The molecule has 0 atom stereocenters. The molecule has 1 saturated carbocycles. The predicted octanol–water partition coefficient (Wildman–Crippen LogP) is 3.16. The predicted molar refractivity (Wildman–Crippen MR) is 88.3 cm³/mol. The molecule has 0 aromatic heterocycles. The fraction of sp³-hybridized carbons (Fsp3) is 0.444. The van der Waals surface area contributed by atoms with Crippen LogP contribution in [0.1, 0.15) is 37.7 Å². The topological polar surface area (TPSA) is 37.4 Å². The second-order valence-corrected chi connectivity index (χ2v) is 7.53. The summed E-state index contributed by atoms with van der Waals surface area (Å²) in [5.74, 6) is 5.98. The van der Waals surface area contributed by atoms with Gasteiger partial charge in [0.2, 0.25) is 0 Å². The fourth-order valence-corrected chi connectivity index (χ4v) is 3.76. The van der Waals surface area contributed by atoms with Gasteiger partial charge in [-0.15, -0.1) is 6.42 Å². The van der Waals surface area contributed by atoms with Crippen LogP contribution >= 0.6 is 0 Å². The summed E-state index contributed by atoms with van der Waals surface area (Å²) < 4.78 is 26.3. The highest BCUT2D eigenvalue weighted by Gasteiger charge is 2.21. The maximum atomic E-state index is 12.6. The van der Waals surface area contributed by atoms with Crippen molar-refractivity contribution < 1.29 is 8.42 Å². The summed E-state index contributed by atoms with van der Waals surface area (Å²) in [6.45, 7) is 1.88. The zero-order chi connectivity index (χ0) is 16.0. The van der Waals surface area contributed by atoms with Crippen molar-refractivity contribution in [1.29, 1.82) is 0 Å². The van der Waals surface area contributed by atoms with Crippen LogP contribution in [0.15, 0.2) is 29.2 Å². The van der Waals surface area contributed by atoms with Crippen molar-refractivity contribution in [3.63, 3.8) is 0 Å². The van der Waals surface area contributed by atoms with Crippen LogP contribution in [-0.4, -0.2) is 19.3 Å². The summed E-state index contributed by atoms with van der Waals surface area (Å²) in [6, 6.07) is 9.48. The van der Waals surface area contributed by atoms with Crippen LogP contribution in [0, 0.1) is 37.2 Å². The molecule has 22 heavy (non-hydrogen) atoms. The Labute approximate surface area is 133 Å². The molecule has 0 spiro atoms. The number of nitrogens with zero attached hydrogens (tertiary/aromatic N) is 1. The highest BCUT2D eigenvalue weighted by Crippen LogP contribution is 2.27. The lowest BCUT2D eigenvalue weighted by Crippen LogP contribution is -2.27. The van der Waals surface area contributed by atoms with E-state index >= 15 is 0 Å². The smallest absolute Gasteiger partial charge is 0.212 e. The summed E-state index contributed by atoms with van der Waals surface area (Å²) in [5, 5.41) is 0. The minimum atomic E-state index is -3.66. The maximum Gasteiger partial charge on any atom is 0.271 e. The fourth-order valence-electron chi connectivity index (χ4n) is 2.60. The van der Waals surface area contributed by atoms with E-state index < -0.39 is 10.0 Å². The van der Waals surface area contributed by atoms with Gasteiger partial charge in [0.05, 0.1) is 4.90 Å². The third-order valence-corrected chi connectivity index (χ3v) is 5.58. The lowest BCUT2D eigenvalue weighted by Gasteiger charge is -2.15. The molecule has 4 heteroatoms. The number of hydrogen-bond acceptors (Lipinski definition) is 2. The first-order chi connectivity index (χ1) is 10.5. The Kier molecular flexibility index (Phi) is 5.52. The molecule has 1 fully saturated rings. The van der Waals surface area contributed by atoms with E-state index in [1.807, 2.05) is 6.92 Å². The maximum absolute atomic E-state index is 12.6. The normalized spacial score (nSPS) is 14.9. The lowest BCUT2D eigenvalue weighted by atomic mass is 10.1. The van der Waals surface area contributed by atoms with E-state index in [0.717, 1.165) is 16.3 Å². The Morgan fingerprint density at radius 2 is 1.86 bits per heavy atom. The highest BCUT2D eigenvalue weighted by molar-refractivity contribution is 7.89. The van der Waals surface area contributed by atoms with E-state index in [4.69, 9.17) is 6.42 Å². The van der Waals surface area contributed by atoms with Crippen LogP contribution in [0.25, 0.3) is 0 Å². The molecule has 1 aliphatic rings. The van der Waals surface area contributed by atoms with Gasteiger partial charge in [0.25, 0.3) is 10.0 Å². The third-order valence-electron chi connectivity index (χ3n) is 3.91. The number of terminal acetylenes is 1. The molecule has 116 valence electrons. The number of benzene rings is 1. The molecule has 0 radical (unpaired) electrons. The van der Waals surface area contributed by atoms with E-state index in [2.05, 4.69) is 17.9 Å². The highest BCUT2D eigenvalue weighted by atomic mass is 32.2. The molecule has 1 aliphatic carbocycles. The van der Waals surface area contributed by atoms with Crippen LogP contribution in [0.4, 0.5) is 0 Å². The van der Waals surface area contributed by atoms with Crippen molar-refractivity contribution in [2.24, 2.45) is 5.92 Å². The molecule has 0 N–H and O–H groups in total. The lowest BCUT2D eigenvalue weighted by molar-refractivity contribution is 0.532. The largest absolute Gasteiger partial charge is 0.271 e. The average Bonchev–Trinajstić information content (AvgIpc) is 3.00. The van der Waals surface area contributed by atoms with Crippen molar-refractivity contribution in [3.05, 3.63) is 29.8 Å². The number of aryl methyl sites for hydroxylation is 1. The van der Waals surface area contributed by atoms with Gasteiger partial charge < -0.3 is 0 Å². The first kappa shape index (κ1) is 16.5. The molecule has 1 aromatic carbocycles. The van der Waals surface area contributed by atoms with Crippen molar-refractivity contribution in [1.82, 2.24) is 4.31 Å². The number of hydrogen-bond donors (Lipinski definition) is 0.